The topological polar surface area (TPSA) is 69.2 Å². The van der Waals surface area contributed by atoms with Gasteiger partial charge in [-0.25, -0.2) is 0 Å². The second-order valence-corrected chi connectivity index (χ2v) is 2.44. The monoisotopic (exact) mass is 165 g/mol. The molecular weight excluding hydrogens is 156 g/mol. The average molecular weight is 165 g/mol. The van der Waals surface area contributed by atoms with Crippen LogP contribution in [0.2, 0.25) is 0 Å². The number of nitro groups is 1. The Labute approximate surface area is 70.2 Å². The minimum atomic E-state index is -0.463. The molecule has 0 aromatic heterocycles. The Morgan fingerprint density at radius 2 is 2.17 bits per heavy atom. The summed E-state index contributed by atoms with van der Waals surface area (Å²) in [4.78, 5) is 9.89. The van der Waals surface area contributed by atoms with Crippen LogP contribution in [0, 0.1) is 17.0 Å². The minimum Gasteiger partial charge on any atom is -0.399 e. The molecule has 1 aromatic carbocycles. The van der Waals surface area contributed by atoms with E-state index >= 15 is 0 Å². The number of nitro benzene ring substituents is 1. The van der Waals surface area contributed by atoms with E-state index in [0.717, 1.165) is 5.56 Å². The van der Waals surface area contributed by atoms with Gasteiger partial charge in [0.15, 0.2) is 0 Å². The lowest BCUT2D eigenvalue weighted by Gasteiger charge is -1.98. The fraction of sp³-hybridized carbons (Fsp3) is 0.125. The molecule has 63 valence electrons. The average Bonchev–Trinajstić information content (AvgIpc) is 2.03. The summed E-state index contributed by atoms with van der Waals surface area (Å²) in [5, 5.41) is 10.4. The Morgan fingerprint density at radius 3 is 2.67 bits per heavy atom. The molecule has 0 heterocycles. The molecule has 1 radical (unpaired) electrons. The zero-order valence-electron chi connectivity index (χ0n) is 6.49. The van der Waals surface area contributed by atoms with Crippen molar-refractivity contribution < 1.29 is 4.92 Å². The summed E-state index contributed by atoms with van der Waals surface area (Å²) in [6.45, 7) is 3.62. The highest BCUT2D eigenvalue weighted by molar-refractivity contribution is 5.50. The summed E-state index contributed by atoms with van der Waals surface area (Å²) in [5.41, 5.74) is 6.65. The summed E-state index contributed by atoms with van der Waals surface area (Å²) in [6.07, 6.45) is 0.506. The van der Waals surface area contributed by atoms with Gasteiger partial charge in [0.1, 0.15) is 0 Å². The van der Waals surface area contributed by atoms with Crippen LogP contribution < -0.4 is 5.73 Å². The maximum Gasteiger partial charge on any atom is 0.271 e. The van der Waals surface area contributed by atoms with Gasteiger partial charge in [0, 0.05) is 17.8 Å². The van der Waals surface area contributed by atoms with Crippen LogP contribution in [0.3, 0.4) is 0 Å². The molecule has 0 aliphatic carbocycles. The first-order valence-corrected chi connectivity index (χ1v) is 3.46. The third-order valence-corrected chi connectivity index (χ3v) is 1.50. The van der Waals surface area contributed by atoms with Crippen molar-refractivity contribution in [2.24, 2.45) is 0 Å². The molecule has 0 bridgehead atoms. The molecule has 0 fully saturated rings. The summed E-state index contributed by atoms with van der Waals surface area (Å²) < 4.78 is 0. The van der Waals surface area contributed by atoms with Gasteiger partial charge in [-0.15, -0.1) is 0 Å². The van der Waals surface area contributed by atoms with Gasteiger partial charge >= 0.3 is 0 Å². The summed E-state index contributed by atoms with van der Waals surface area (Å²) >= 11 is 0. The predicted molar refractivity (Wildman–Crippen MR) is 46.6 cm³/mol. The highest BCUT2D eigenvalue weighted by Gasteiger charge is 2.06. The van der Waals surface area contributed by atoms with Crippen molar-refractivity contribution in [3.8, 4) is 0 Å². The van der Waals surface area contributed by atoms with Crippen LogP contribution in [-0.4, -0.2) is 4.92 Å². The second kappa shape index (κ2) is 3.21. The lowest BCUT2D eigenvalue weighted by Crippen LogP contribution is -1.93. The quantitative estimate of drug-likeness (QED) is 0.410. The molecule has 0 amide bonds. The molecule has 1 rings (SSSR count). The largest absolute Gasteiger partial charge is 0.399 e. The Hall–Kier alpha value is -1.58. The smallest absolute Gasteiger partial charge is 0.271 e. The van der Waals surface area contributed by atoms with Crippen LogP contribution in [0.15, 0.2) is 18.2 Å². The number of anilines is 1. The van der Waals surface area contributed by atoms with E-state index in [4.69, 9.17) is 5.73 Å². The van der Waals surface area contributed by atoms with Crippen molar-refractivity contribution >= 4 is 11.4 Å². The third kappa shape index (κ3) is 1.72. The number of nitrogens with two attached hydrogens (primary N) is 1. The molecule has 0 saturated heterocycles. The Balaban J connectivity index is 3.15. The van der Waals surface area contributed by atoms with E-state index in [1.807, 2.05) is 0 Å². The molecule has 4 heteroatoms. The molecule has 0 aliphatic rings. The van der Waals surface area contributed by atoms with Crippen molar-refractivity contribution in [2.75, 3.05) is 5.73 Å². The molecule has 2 N–H and O–H groups in total. The number of rotatable bonds is 2. The molecule has 4 nitrogen and oxygen atoms in total. The number of nitrogen functional groups attached to an aromatic ring is 1. The van der Waals surface area contributed by atoms with Crippen molar-refractivity contribution in [3.63, 3.8) is 0 Å². The summed E-state index contributed by atoms with van der Waals surface area (Å²) in [6, 6.07) is 4.49. The van der Waals surface area contributed by atoms with Gasteiger partial charge in [-0.1, -0.05) is 0 Å². The van der Waals surface area contributed by atoms with Crippen LogP contribution in [0.5, 0.6) is 0 Å². The molecule has 0 spiro atoms. The Morgan fingerprint density at radius 1 is 1.50 bits per heavy atom. The zero-order chi connectivity index (χ0) is 9.14. The number of benzene rings is 1. The van der Waals surface area contributed by atoms with E-state index in [-0.39, 0.29) is 5.69 Å². The van der Waals surface area contributed by atoms with Gasteiger partial charge in [0.2, 0.25) is 0 Å². The first-order chi connectivity index (χ1) is 5.63. The van der Waals surface area contributed by atoms with Gasteiger partial charge in [-0.3, -0.25) is 10.1 Å². The minimum absolute atomic E-state index is 0.0219. The van der Waals surface area contributed by atoms with Crippen molar-refractivity contribution in [1.29, 1.82) is 0 Å². The molecule has 0 atom stereocenters. The van der Waals surface area contributed by atoms with Gasteiger partial charge in [0.05, 0.1) is 4.92 Å². The standard InChI is InChI=1S/C8H9N2O2/c1-2-6-3-7(9)5-8(4-6)10(11)12/h3-5H,1-2,9H2. The molecule has 12 heavy (non-hydrogen) atoms. The molecule has 1 aromatic rings. The number of nitrogens with zero attached hydrogens (tertiary/aromatic N) is 1. The van der Waals surface area contributed by atoms with Gasteiger partial charge in [-0.2, -0.15) is 0 Å². The van der Waals surface area contributed by atoms with Crippen molar-refractivity contribution in [1.82, 2.24) is 0 Å². The summed E-state index contributed by atoms with van der Waals surface area (Å²) in [7, 11) is 0. The Kier molecular flexibility index (Phi) is 2.28. The van der Waals surface area contributed by atoms with E-state index in [1.165, 1.54) is 12.1 Å². The predicted octanol–water partition coefficient (Wildman–Crippen LogP) is 1.55. The molecule has 0 aliphatic heterocycles. The number of non-ortho nitro benzene ring substituents is 1. The van der Waals surface area contributed by atoms with E-state index in [0.29, 0.717) is 12.1 Å². The van der Waals surface area contributed by atoms with Crippen molar-refractivity contribution in [2.45, 2.75) is 6.42 Å². The SMILES string of the molecule is [CH2]Cc1cc(N)cc([N+](=O)[O-])c1. The number of hydrogen-bond donors (Lipinski definition) is 1. The van der Waals surface area contributed by atoms with Crippen LogP contribution >= 0.6 is 0 Å². The summed E-state index contributed by atoms with van der Waals surface area (Å²) in [5.74, 6) is 0. The number of hydrogen-bond acceptors (Lipinski definition) is 3. The fourth-order valence-corrected chi connectivity index (χ4v) is 0.950. The van der Waals surface area contributed by atoms with E-state index in [9.17, 15) is 10.1 Å². The fourth-order valence-electron chi connectivity index (χ4n) is 0.950. The van der Waals surface area contributed by atoms with Crippen LogP contribution in [0.25, 0.3) is 0 Å². The van der Waals surface area contributed by atoms with Gasteiger partial charge in [0.25, 0.3) is 5.69 Å². The molecule has 0 unspecified atom stereocenters. The van der Waals surface area contributed by atoms with Crippen LogP contribution in [0.1, 0.15) is 5.56 Å². The van der Waals surface area contributed by atoms with Crippen molar-refractivity contribution in [3.05, 3.63) is 40.8 Å². The lowest BCUT2D eigenvalue weighted by atomic mass is 10.1. The van der Waals surface area contributed by atoms with E-state index < -0.39 is 4.92 Å². The second-order valence-electron chi connectivity index (χ2n) is 2.44. The highest BCUT2D eigenvalue weighted by atomic mass is 16.6. The molecule has 0 saturated carbocycles. The highest BCUT2D eigenvalue weighted by Crippen LogP contribution is 2.18. The van der Waals surface area contributed by atoms with E-state index in [2.05, 4.69) is 6.92 Å². The maximum atomic E-state index is 10.4. The Bertz CT molecular complexity index is 310. The normalized spacial score (nSPS) is 9.75. The lowest BCUT2D eigenvalue weighted by molar-refractivity contribution is -0.384. The van der Waals surface area contributed by atoms with Crippen LogP contribution in [0.4, 0.5) is 11.4 Å². The molecular formula is C8H9N2O2. The van der Waals surface area contributed by atoms with Gasteiger partial charge in [-0.05, 0) is 25.0 Å². The third-order valence-electron chi connectivity index (χ3n) is 1.50. The first-order valence-electron chi connectivity index (χ1n) is 3.46. The first kappa shape index (κ1) is 8.52. The van der Waals surface area contributed by atoms with Crippen LogP contribution in [-0.2, 0) is 6.42 Å². The van der Waals surface area contributed by atoms with Gasteiger partial charge < -0.3 is 5.73 Å². The van der Waals surface area contributed by atoms with E-state index in [1.54, 1.807) is 6.07 Å². The zero-order valence-corrected chi connectivity index (χ0v) is 6.49. The maximum absolute atomic E-state index is 10.4.